The van der Waals surface area contributed by atoms with Gasteiger partial charge in [-0.2, -0.15) is 0 Å². The molecule has 1 saturated carbocycles. The largest absolute Gasteiger partial charge is 0.506 e. The van der Waals surface area contributed by atoms with E-state index in [2.05, 4.69) is 10.2 Å². The van der Waals surface area contributed by atoms with Crippen molar-refractivity contribution in [2.75, 3.05) is 18.4 Å². The van der Waals surface area contributed by atoms with Crippen LogP contribution in [-0.4, -0.2) is 35.4 Å². The minimum atomic E-state index is -0.478. The van der Waals surface area contributed by atoms with Crippen LogP contribution in [0.4, 0.5) is 10.5 Å². The molecule has 0 spiro atoms. The number of rotatable bonds is 2. The topological polar surface area (TPSA) is 61.8 Å². The molecular weight excluding hydrogens is 268 g/mol. The predicted octanol–water partition coefficient (Wildman–Crippen LogP) is 2.63. The van der Waals surface area contributed by atoms with Crippen LogP contribution < -0.4 is 5.32 Å². The summed E-state index contributed by atoms with van der Waals surface area (Å²) in [5.74, 6) is 2.12. The van der Waals surface area contributed by atoms with Gasteiger partial charge in [0.25, 0.3) is 0 Å². The van der Waals surface area contributed by atoms with Gasteiger partial charge < -0.3 is 9.84 Å². The minimum Gasteiger partial charge on any atom is -0.506 e. The highest BCUT2D eigenvalue weighted by Gasteiger charge is 2.48. The number of nitrogens with one attached hydrogen (secondary N) is 1. The van der Waals surface area contributed by atoms with E-state index < -0.39 is 6.09 Å². The highest BCUT2D eigenvalue weighted by molar-refractivity contribution is 5.86. The van der Waals surface area contributed by atoms with Gasteiger partial charge in [0.15, 0.2) is 6.23 Å². The fraction of sp³-hybridized carbons (Fsp3) is 0.562. The third-order valence-electron chi connectivity index (χ3n) is 5.06. The predicted molar refractivity (Wildman–Crippen MR) is 77.9 cm³/mol. The number of phenolic OH excluding ortho intramolecular Hbond substituents is 1. The molecule has 4 fully saturated rings. The number of ether oxygens (including phenoxy) is 1. The van der Waals surface area contributed by atoms with Crippen LogP contribution in [0.1, 0.15) is 19.3 Å². The molecule has 3 atom stereocenters. The lowest BCUT2D eigenvalue weighted by molar-refractivity contribution is -0.154. The SMILES string of the molecule is O=C(Nc1ccccc1O)O[C@H]1C2C[C@@H]3C[C@@H](C2)CN1C3. The van der Waals surface area contributed by atoms with Crippen molar-refractivity contribution >= 4 is 11.8 Å². The lowest BCUT2D eigenvalue weighted by atomic mass is 9.67. The highest BCUT2D eigenvalue weighted by atomic mass is 16.6. The fourth-order valence-electron chi connectivity index (χ4n) is 4.39. The van der Waals surface area contributed by atoms with E-state index in [1.165, 1.54) is 19.3 Å². The Balaban J connectivity index is 1.42. The first-order valence-corrected chi connectivity index (χ1v) is 7.68. The van der Waals surface area contributed by atoms with Crippen LogP contribution in [0.25, 0.3) is 0 Å². The van der Waals surface area contributed by atoms with Crippen LogP contribution >= 0.6 is 0 Å². The lowest BCUT2D eigenvalue weighted by Gasteiger charge is -2.55. The molecule has 3 heterocycles. The number of carbonyl (C=O) groups excluding carboxylic acids is 1. The normalized spacial score (nSPS) is 36.5. The van der Waals surface area contributed by atoms with Crippen molar-refractivity contribution in [3.05, 3.63) is 24.3 Å². The summed E-state index contributed by atoms with van der Waals surface area (Å²) in [6.45, 7) is 2.11. The number of carbonyl (C=O) groups is 1. The number of piperidine rings is 3. The van der Waals surface area contributed by atoms with Crippen LogP contribution in [0.3, 0.4) is 0 Å². The quantitative estimate of drug-likeness (QED) is 0.821. The second-order valence-corrected chi connectivity index (χ2v) is 6.59. The summed E-state index contributed by atoms with van der Waals surface area (Å²) >= 11 is 0. The highest BCUT2D eigenvalue weighted by Crippen LogP contribution is 2.46. The number of hydrogen-bond acceptors (Lipinski definition) is 4. The molecule has 5 rings (SSSR count). The Morgan fingerprint density at radius 3 is 2.57 bits per heavy atom. The van der Waals surface area contributed by atoms with Crippen molar-refractivity contribution in [3.63, 3.8) is 0 Å². The first-order chi connectivity index (χ1) is 10.2. The molecule has 1 aromatic carbocycles. The third-order valence-corrected chi connectivity index (χ3v) is 5.06. The molecule has 112 valence electrons. The average Bonchev–Trinajstić information content (AvgIpc) is 2.44. The summed E-state index contributed by atoms with van der Waals surface area (Å²) < 4.78 is 5.65. The first kappa shape index (κ1) is 13.0. The Labute approximate surface area is 123 Å². The smallest absolute Gasteiger partial charge is 0.413 e. The molecule has 5 heteroatoms. The van der Waals surface area contributed by atoms with Crippen LogP contribution in [0, 0.1) is 17.8 Å². The Morgan fingerprint density at radius 1 is 1.19 bits per heavy atom. The van der Waals surface area contributed by atoms with Gasteiger partial charge in [-0.25, -0.2) is 4.79 Å². The molecule has 5 nitrogen and oxygen atoms in total. The Kier molecular flexibility index (Phi) is 3.03. The average molecular weight is 288 g/mol. The van der Waals surface area contributed by atoms with E-state index in [0.29, 0.717) is 11.6 Å². The van der Waals surface area contributed by atoms with Crippen molar-refractivity contribution in [1.82, 2.24) is 4.90 Å². The van der Waals surface area contributed by atoms with E-state index in [0.717, 1.165) is 24.9 Å². The van der Waals surface area contributed by atoms with Crippen molar-refractivity contribution in [3.8, 4) is 5.75 Å². The summed E-state index contributed by atoms with van der Waals surface area (Å²) in [6.07, 6.45) is 3.14. The second kappa shape index (κ2) is 4.91. The summed E-state index contributed by atoms with van der Waals surface area (Å²) in [5.41, 5.74) is 0.390. The van der Waals surface area contributed by atoms with E-state index in [-0.39, 0.29) is 12.0 Å². The molecule has 4 bridgehead atoms. The summed E-state index contributed by atoms with van der Waals surface area (Å²) in [7, 11) is 0. The van der Waals surface area contributed by atoms with Gasteiger partial charge in [-0.15, -0.1) is 0 Å². The van der Waals surface area contributed by atoms with Crippen molar-refractivity contribution in [2.45, 2.75) is 25.5 Å². The number of phenols is 1. The maximum absolute atomic E-state index is 12.1. The molecule has 2 N–H and O–H groups in total. The van der Waals surface area contributed by atoms with E-state index >= 15 is 0 Å². The van der Waals surface area contributed by atoms with Gasteiger partial charge in [0.1, 0.15) is 5.75 Å². The van der Waals surface area contributed by atoms with E-state index in [4.69, 9.17) is 4.74 Å². The summed E-state index contributed by atoms with van der Waals surface area (Å²) in [4.78, 5) is 14.4. The summed E-state index contributed by atoms with van der Waals surface area (Å²) in [6, 6.07) is 6.69. The lowest BCUT2D eigenvalue weighted by Crippen LogP contribution is -2.60. The maximum Gasteiger partial charge on any atom is 0.413 e. The molecule has 0 unspecified atom stereocenters. The van der Waals surface area contributed by atoms with E-state index in [9.17, 15) is 9.90 Å². The molecule has 1 aromatic rings. The Morgan fingerprint density at radius 2 is 1.90 bits per heavy atom. The first-order valence-electron chi connectivity index (χ1n) is 7.68. The van der Waals surface area contributed by atoms with E-state index in [1.54, 1.807) is 24.3 Å². The number of benzene rings is 1. The fourth-order valence-corrected chi connectivity index (χ4v) is 4.39. The number of para-hydroxylation sites is 2. The number of anilines is 1. The molecule has 3 aliphatic heterocycles. The van der Waals surface area contributed by atoms with Crippen molar-refractivity contribution in [2.24, 2.45) is 17.8 Å². The summed E-state index contributed by atoms with van der Waals surface area (Å²) in [5, 5.41) is 12.3. The van der Waals surface area contributed by atoms with Crippen LogP contribution in [0.5, 0.6) is 5.75 Å². The number of aromatic hydroxyl groups is 1. The molecule has 21 heavy (non-hydrogen) atoms. The van der Waals surface area contributed by atoms with Crippen molar-refractivity contribution < 1.29 is 14.6 Å². The molecule has 0 radical (unpaired) electrons. The van der Waals surface area contributed by atoms with Gasteiger partial charge in [-0.05, 0) is 43.2 Å². The van der Waals surface area contributed by atoms with Crippen LogP contribution in [0.15, 0.2) is 24.3 Å². The van der Waals surface area contributed by atoms with Gasteiger partial charge in [-0.3, -0.25) is 10.2 Å². The van der Waals surface area contributed by atoms with Gasteiger partial charge in [-0.1, -0.05) is 12.1 Å². The number of hydrogen-bond donors (Lipinski definition) is 2. The molecule has 1 aliphatic carbocycles. The Bertz CT molecular complexity index is 532. The minimum absolute atomic E-state index is 0.0554. The standard InChI is InChI=1S/C16H20N2O3/c19-14-4-2-1-3-13(14)17-16(20)21-15-12-6-10-5-11(7-12)9-18(15)8-10/h1-4,10-12,15,19H,5-9H2,(H,17,20)/t10-,11-,15-/m0/s1. The van der Waals surface area contributed by atoms with Gasteiger partial charge in [0, 0.05) is 19.0 Å². The maximum atomic E-state index is 12.1. The van der Waals surface area contributed by atoms with Crippen LogP contribution in [-0.2, 0) is 4.74 Å². The molecule has 4 aliphatic rings. The number of amides is 1. The second-order valence-electron chi connectivity index (χ2n) is 6.59. The molecule has 1 amide bonds. The van der Waals surface area contributed by atoms with Gasteiger partial charge in [0.2, 0.25) is 0 Å². The van der Waals surface area contributed by atoms with Crippen molar-refractivity contribution in [1.29, 1.82) is 0 Å². The zero-order valence-electron chi connectivity index (χ0n) is 11.9. The van der Waals surface area contributed by atoms with Gasteiger partial charge in [0.05, 0.1) is 5.69 Å². The Hall–Kier alpha value is -1.75. The monoisotopic (exact) mass is 288 g/mol. The third kappa shape index (κ3) is 2.35. The molecule has 3 saturated heterocycles. The number of nitrogens with zero attached hydrogens (tertiary/aromatic N) is 1. The van der Waals surface area contributed by atoms with Gasteiger partial charge >= 0.3 is 6.09 Å². The zero-order valence-corrected chi connectivity index (χ0v) is 11.9. The molecule has 0 aromatic heterocycles. The molecular formula is C16H20N2O3. The van der Waals surface area contributed by atoms with Crippen LogP contribution in [0.2, 0.25) is 0 Å². The zero-order chi connectivity index (χ0) is 14.4. The van der Waals surface area contributed by atoms with E-state index in [1.807, 2.05) is 0 Å².